The summed E-state index contributed by atoms with van der Waals surface area (Å²) >= 11 is 0. The van der Waals surface area contributed by atoms with E-state index in [-0.39, 0.29) is 23.7 Å². The Morgan fingerprint density at radius 1 is 1.08 bits per heavy atom. The zero-order valence-electron chi connectivity index (χ0n) is 13.8. The van der Waals surface area contributed by atoms with E-state index < -0.39 is 0 Å². The minimum absolute atomic E-state index is 0.0628. The number of carbonyl (C=O) groups is 1. The fourth-order valence-electron chi connectivity index (χ4n) is 3.05. The van der Waals surface area contributed by atoms with Gasteiger partial charge in [0, 0.05) is 12.8 Å². The van der Waals surface area contributed by atoms with Crippen molar-refractivity contribution >= 4 is 5.78 Å². The van der Waals surface area contributed by atoms with Gasteiger partial charge in [0.25, 0.3) is 0 Å². The van der Waals surface area contributed by atoms with Gasteiger partial charge in [-0.15, -0.1) is 0 Å². The van der Waals surface area contributed by atoms with Crippen molar-refractivity contribution in [1.82, 2.24) is 0 Å². The van der Waals surface area contributed by atoms with Gasteiger partial charge in [-0.1, -0.05) is 24.3 Å². The number of rotatable bonds is 5. The first-order valence-electron chi connectivity index (χ1n) is 8.23. The molecule has 0 spiro atoms. The van der Waals surface area contributed by atoms with Crippen molar-refractivity contribution in [1.29, 1.82) is 0 Å². The predicted molar refractivity (Wildman–Crippen MR) is 91.3 cm³/mol. The predicted octanol–water partition coefficient (Wildman–Crippen LogP) is 3.82. The number of phenols is 1. The number of phenolic OH excluding ortho intramolecular Hbond substituents is 1. The number of methoxy groups -OCH3 is 1. The third kappa shape index (κ3) is 4.15. The molecular formula is C20H22O4. The molecule has 1 fully saturated rings. The van der Waals surface area contributed by atoms with E-state index in [1.165, 1.54) is 0 Å². The van der Waals surface area contributed by atoms with Crippen LogP contribution in [0.25, 0.3) is 0 Å². The number of aryl methyl sites for hydroxylation is 1. The van der Waals surface area contributed by atoms with Crippen molar-refractivity contribution in [2.24, 2.45) is 0 Å². The van der Waals surface area contributed by atoms with Crippen molar-refractivity contribution in [3.63, 3.8) is 0 Å². The average Bonchev–Trinajstić information content (AvgIpc) is 2.61. The van der Waals surface area contributed by atoms with Crippen molar-refractivity contribution in [3.8, 4) is 11.5 Å². The highest BCUT2D eigenvalue weighted by Gasteiger charge is 2.28. The number of Topliss-reactive ketones (excluding diaryl/α,β-unsaturated/α-hetero) is 1. The van der Waals surface area contributed by atoms with Gasteiger partial charge in [-0.2, -0.15) is 0 Å². The smallest absolute Gasteiger partial charge is 0.138 e. The van der Waals surface area contributed by atoms with Gasteiger partial charge in [-0.3, -0.25) is 4.79 Å². The Morgan fingerprint density at radius 3 is 2.46 bits per heavy atom. The second-order valence-corrected chi connectivity index (χ2v) is 6.17. The lowest BCUT2D eigenvalue weighted by atomic mass is 9.94. The SMILES string of the molecule is COc1ccc([C@@H]2CC(=O)C[C@H](CCc3ccc(O)cc3)O2)cc1. The van der Waals surface area contributed by atoms with E-state index in [1.807, 2.05) is 36.4 Å². The fraction of sp³-hybridized carbons (Fsp3) is 0.350. The maximum Gasteiger partial charge on any atom is 0.138 e. The molecule has 0 amide bonds. The summed E-state index contributed by atoms with van der Waals surface area (Å²) < 4.78 is 11.3. The molecule has 2 aromatic rings. The lowest BCUT2D eigenvalue weighted by molar-refractivity contribution is -0.136. The van der Waals surface area contributed by atoms with Crippen LogP contribution in [0, 0.1) is 0 Å². The molecule has 4 heteroatoms. The molecule has 0 aliphatic carbocycles. The number of ether oxygens (including phenoxy) is 2. The molecule has 1 N–H and O–H groups in total. The van der Waals surface area contributed by atoms with E-state index in [1.54, 1.807) is 19.2 Å². The Balaban J connectivity index is 1.62. The molecular weight excluding hydrogens is 304 g/mol. The maximum atomic E-state index is 12.1. The number of hydrogen-bond donors (Lipinski definition) is 1. The Bertz CT molecular complexity index is 676. The molecule has 3 rings (SSSR count). The summed E-state index contributed by atoms with van der Waals surface area (Å²) in [6.07, 6.45) is 2.29. The monoisotopic (exact) mass is 326 g/mol. The molecule has 24 heavy (non-hydrogen) atoms. The molecule has 1 aliphatic rings. The van der Waals surface area contributed by atoms with Gasteiger partial charge in [0.15, 0.2) is 0 Å². The number of aromatic hydroxyl groups is 1. The summed E-state index contributed by atoms with van der Waals surface area (Å²) in [4.78, 5) is 12.1. The summed E-state index contributed by atoms with van der Waals surface area (Å²) in [6, 6.07) is 14.9. The quantitative estimate of drug-likeness (QED) is 0.907. The Kier molecular flexibility index (Phi) is 5.16. The number of carbonyl (C=O) groups excluding carboxylic acids is 1. The molecule has 4 nitrogen and oxygen atoms in total. The van der Waals surface area contributed by atoms with Crippen molar-refractivity contribution < 1.29 is 19.4 Å². The van der Waals surface area contributed by atoms with Crippen LogP contribution in [0.3, 0.4) is 0 Å². The molecule has 2 aromatic carbocycles. The summed E-state index contributed by atoms with van der Waals surface area (Å²) in [7, 11) is 1.63. The summed E-state index contributed by atoms with van der Waals surface area (Å²) in [5.41, 5.74) is 2.15. The van der Waals surface area contributed by atoms with Gasteiger partial charge in [-0.05, 0) is 48.2 Å². The third-order valence-electron chi connectivity index (χ3n) is 4.40. The summed E-state index contributed by atoms with van der Waals surface area (Å²) in [5, 5.41) is 9.33. The van der Waals surface area contributed by atoms with Crippen LogP contribution in [0.4, 0.5) is 0 Å². The van der Waals surface area contributed by atoms with Crippen LogP contribution in [0.15, 0.2) is 48.5 Å². The molecule has 0 aromatic heterocycles. The Hall–Kier alpha value is -2.33. The topological polar surface area (TPSA) is 55.8 Å². The van der Waals surface area contributed by atoms with E-state index >= 15 is 0 Å². The van der Waals surface area contributed by atoms with Crippen LogP contribution < -0.4 is 4.74 Å². The van der Waals surface area contributed by atoms with Crippen LogP contribution in [-0.4, -0.2) is 24.1 Å². The molecule has 1 heterocycles. The van der Waals surface area contributed by atoms with E-state index in [0.29, 0.717) is 12.8 Å². The first-order chi connectivity index (χ1) is 11.6. The number of benzene rings is 2. The highest BCUT2D eigenvalue weighted by molar-refractivity contribution is 5.80. The molecule has 0 unspecified atom stereocenters. The van der Waals surface area contributed by atoms with Crippen LogP contribution in [-0.2, 0) is 16.0 Å². The molecule has 0 bridgehead atoms. The van der Waals surface area contributed by atoms with Crippen LogP contribution >= 0.6 is 0 Å². The first-order valence-corrected chi connectivity index (χ1v) is 8.23. The van der Waals surface area contributed by atoms with Gasteiger partial charge >= 0.3 is 0 Å². The molecule has 126 valence electrons. The highest BCUT2D eigenvalue weighted by Crippen LogP contribution is 2.32. The summed E-state index contributed by atoms with van der Waals surface area (Å²) in [5.74, 6) is 1.31. The van der Waals surface area contributed by atoms with Gasteiger partial charge in [0.2, 0.25) is 0 Å². The van der Waals surface area contributed by atoms with Gasteiger partial charge in [0.1, 0.15) is 17.3 Å². The van der Waals surface area contributed by atoms with Gasteiger partial charge < -0.3 is 14.6 Å². The Morgan fingerprint density at radius 2 is 1.79 bits per heavy atom. The van der Waals surface area contributed by atoms with Crippen LogP contribution in [0.5, 0.6) is 11.5 Å². The van der Waals surface area contributed by atoms with E-state index in [9.17, 15) is 9.90 Å². The second kappa shape index (κ2) is 7.49. The molecule has 0 radical (unpaired) electrons. The van der Waals surface area contributed by atoms with E-state index in [2.05, 4.69) is 0 Å². The van der Waals surface area contributed by atoms with Gasteiger partial charge in [0.05, 0.1) is 19.3 Å². The molecule has 2 atom stereocenters. The van der Waals surface area contributed by atoms with Crippen molar-refractivity contribution in [3.05, 3.63) is 59.7 Å². The van der Waals surface area contributed by atoms with E-state index in [0.717, 1.165) is 29.7 Å². The molecule has 1 saturated heterocycles. The largest absolute Gasteiger partial charge is 0.508 e. The van der Waals surface area contributed by atoms with Crippen LogP contribution in [0.1, 0.15) is 36.5 Å². The second-order valence-electron chi connectivity index (χ2n) is 6.17. The van der Waals surface area contributed by atoms with Crippen molar-refractivity contribution in [2.75, 3.05) is 7.11 Å². The van der Waals surface area contributed by atoms with Crippen LogP contribution in [0.2, 0.25) is 0 Å². The minimum Gasteiger partial charge on any atom is -0.508 e. The molecule has 0 saturated carbocycles. The minimum atomic E-state index is -0.179. The lowest BCUT2D eigenvalue weighted by Crippen LogP contribution is -2.28. The lowest BCUT2D eigenvalue weighted by Gasteiger charge is -2.29. The van der Waals surface area contributed by atoms with E-state index in [4.69, 9.17) is 9.47 Å². The zero-order chi connectivity index (χ0) is 16.9. The highest BCUT2D eigenvalue weighted by atomic mass is 16.5. The standard InChI is InChI=1S/C20H22O4/c1-23-18-10-5-15(6-11-18)20-13-17(22)12-19(24-20)9-4-14-2-7-16(21)8-3-14/h2-3,5-8,10-11,19-21H,4,9,12-13H2,1H3/t19-,20-/m0/s1. The maximum absolute atomic E-state index is 12.1. The fourth-order valence-corrected chi connectivity index (χ4v) is 3.05. The zero-order valence-corrected chi connectivity index (χ0v) is 13.8. The number of ketones is 1. The van der Waals surface area contributed by atoms with Gasteiger partial charge in [-0.25, -0.2) is 0 Å². The third-order valence-corrected chi connectivity index (χ3v) is 4.40. The molecule has 1 aliphatic heterocycles. The normalized spacial score (nSPS) is 20.8. The number of hydrogen-bond acceptors (Lipinski definition) is 4. The van der Waals surface area contributed by atoms with Crippen molar-refractivity contribution in [2.45, 2.75) is 37.9 Å². The Labute approximate surface area is 142 Å². The average molecular weight is 326 g/mol. The summed E-state index contributed by atoms with van der Waals surface area (Å²) in [6.45, 7) is 0. The first kappa shape index (κ1) is 16.5.